The minimum absolute atomic E-state index is 0.00457. The Balaban J connectivity index is 1.45. The molecule has 3 N–H and O–H groups in total. The van der Waals surface area contributed by atoms with Crippen LogP contribution in [0.3, 0.4) is 0 Å². The number of hydrogen-bond donors (Lipinski definition) is 2. The summed E-state index contributed by atoms with van der Waals surface area (Å²) in [6.45, 7) is 3.13. The van der Waals surface area contributed by atoms with E-state index in [9.17, 15) is 9.59 Å². The first-order chi connectivity index (χ1) is 18.9. The van der Waals surface area contributed by atoms with E-state index in [1.807, 2.05) is 48.4 Å². The zero-order valence-electron chi connectivity index (χ0n) is 22.6. The molecule has 0 atom stereocenters. The number of methoxy groups -OCH3 is 2. The van der Waals surface area contributed by atoms with Crippen molar-refractivity contribution in [2.45, 2.75) is 12.8 Å². The van der Waals surface area contributed by atoms with Crippen LogP contribution < -0.4 is 20.5 Å². The van der Waals surface area contributed by atoms with E-state index in [2.05, 4.69) is 10.2 Å². The van der Waals surface area contributed by atoms with E-state index in [4.69, 9.17) is 20.2 Å². The molecule has 1 saturated heterocycles. The van der Waals surface area contributed by atoms with Crippen molar-refractivity contribution in [2.24, 2.45) is 10.7 Å². The highest BCUT2D eigenvalue weighted by Gasteiger charge is 2.20. The average Bonchev–Trinajstić information content (AvgIpc) is 2.94. The summed E-state index contributed by atoms with van der Waals surface area (Å²) < 4.78 is 10.8. The van der Waals surface area contributed by atoms with Crippen LogP contribution in [0.1, 0.15) is 28.8 Å². The Morgan fingerprint density at radius 3 is 2.41 bits per heavy atom. The van der Waals surface area contributed by atoms with Gasteiger partial charge < -0.3 is 30.3 Å². The molecule has 2 aliphatic rings. The topological polar surface area (TPSA) is 109 Å². The Bertz CT molecular complexity index is 1320. The number of ether oxygens (including phenoxy) is 2. The predicted octanol–water partition coefficient (Wildman–Crippen LogP) is 3.70. The number of nitrogens with one attached hydrogen (secondary N) is 1. The molecule has 0 aromatic heterocycles. The van der Waals surface area contributed by atoms with Crippen LogP contribution in [0.15, 0.2) is 77.5 Å². The third-order valence-electron chi connectivity index (χ3n) is 6.67. The number of aliphatic imine (C=N–C) groups is 1. The van der Waals surface area contributed by atoms with E-state index in [0.717, 1.165) is 25.1 Å². The summed E-state index contributed by atoms with van der Waals surface area (Å²) in [6, 6.07) is 12.5. The molecule has 9 nitrogen and oxygen atoms in total. The molecule has 2 heterocycles. The number of anilines is 1. The molecule has 0 saturated carbocycles. The van der Waals surface area contributed by atoms with Crippen molar-refractivity contribution in [3.8, 4) is 11.5 Å². The highest BCUT2D eigenvalue weighted by atomic mass is 16.5. The predicted molar refractivity (Wildman–Crippen MR) is 154 cm³/mol. The van der Waals surface area contributed by atoms with Gasteiger partial charge in [0.2, 0.25) is 0 Å². The van der Waals surface area contributed by atoms with Gasteiger partial charge in [-0.1, -0.05) is 12.2 Å². The number of piperazine rings is 1. The van der Waals surface area contributed by atoms with Crippen LogP contribution in [0.2, 0.25) is 0 Å². The zero-order chi connectivity index (χ0) is 27.8. The number of likely N-dealkylation sites (N-methyl/N-ethyl adjacent to an activating group) is 1. The number of nitrogens with zero attached hydrogens (tertiary/aromatic N) is 3. The zero-order valence-corrected chi connectivity index (χ0v) is 22.6. The second-order valence-electron chi connectivity index (χ2n) is 9.42. The Hall–Kier alpha value is -4.37. The summed E-state index contributed by atoms with van der Waals surface area (Å²) in [5, 5.41) is 2.80. The molecule has 0 aliphatic carbocycles. The average molecular weight is 530 g/mol. The normalized spacial score (nSPS) is 18.6. The molecule has 1 fully saturated rings. The van der Waals surface area contributed by atoms with Gasteiger partial charge in [0.1, 0.15) is 0 Å². The van der Waals surface area contributed by atoms with Crippen molar-refractivity contribution in [1.29, 1.82) is 0 Å². The molecule has 2 amide bonds. The van der Waals surface area contributed by atoms with Crippen LogP contribution in [0, 0.1) is 0 Å². The van der Waals surface area contributed by atoms with Crippen LogP contribution in [-0.2, 0) is 4.79 Å². The number of benzene rings is 2. The van der Waals surface area contributed by atoms with Gasteiger partial charge in [0.15, 0.2) is 11.5 Å². The third-order valence-corrected chi connectivity index (χ3v) is 6.67. The fraction of sp³-hybridized carbons (Fsp3) is 0.300. The quantitative estimate of drug-likeness (QED) is 0.530. The van der Waals surface area contributed by atoms with Gasteiger partial charge in [-0.25, -0.2) is 0 Å². The summed E-state index contributed by atoms with van der Waals surface area (Å²) in [4.78, 5) is 34.5. The van der Waals surface area contributed by atoms with Gasteiger partial charge in [0.25, 0.3) is 11.8 Å². The fourth-order valence-corrected chi connectivity index (χ4v) is 4.33. The molecule has 2 aromatic carbocycles. The van der Waals surface area contributed by atoms with Gasteiger partial charge in [-0.15, -0.1) is 0 Å². The maximum Gasteiger partial charge on any atom is 0.271 e. The first kappa shape index (κ1) is 27.7. The monoisotopic (exact) mass is 529 g/mol. The largest absolute Gasteiger partial charge is 0.493 e. The van der Waals surface area contributed by atoms with Gasteiger partial charge in [-0.2, -0.15) is 0 Å². The number of carbonyl (C=O) groups is 2. The molecule has 0 unspecified atom stereocenters. The lowest BCUT2D eigenvalue weighted by Gasteiger charge is -2.32. The van der Waals surface area contributed by atoms with E-state index >= 15 is 0 Å². The van der Waals surface area contributed by atoms with E-state index in [0.29, 0.717) is 53.7 Å². The first-order valence-corrected chi connectivity index (χ1v) is 12.9. The molecule has 204 valence electrons. The third kappa shape index (κ3) is 7.14. The summed E-state index contributed by atoms with van der Waals surface area (Å²) in [7, 11) is 5.23. The summed E-state index contributed by atoms with van der Waals surface area (Å²) in [6.07, 6.45) is 8.92. The van der Waals surface area contributed by atoms with Crippen LogP contribution in [0.25, 0.3) is 5.70 Å². The lowest BCUT2D eigenvalue weighted by molar-refractivity contribution is -0.112. The van der Waals surface area contributed by atoms with Crippen molar-refractivity contribution in [2.75, 3.05) is 52.8 Å². The molecule has 2 aliphatic heterocycles. The Morgan fingerprint density at radius 1 is 1.00 bits per heavy atom. The molecule has 39 heavy (non-hydrogen) atoms. The number of rotatable bonds is 7. The lowest BCUT2D eigenvalue weighted by atomic mass is 10.1. The van der Waals surface area contributed by atoms with Crippen molar-refractivity contribution < 1.29 is 19.1 Å². The molecule has 4 rings (SSSR count). The highest BCUT2D eigenvalue weighted by Crippen LogP contribution is 2.31. The molecule has 0 spiro atoms. The Kier molecular flexibility index (Phi) is 9.17. The van der Waals surface area contributed by atoms with Crippen LogP contribution in [0.5, 0.6) is 11.5 Å². The smallest absolute Gasteiger partial charge is 0.271 e. The Labute approximate surface area is 229 Å². The van der Waals surface area contributed by atoms with Crippen molar-refractivity contribution in [3.05, 3.63) is 83.6 Å². The van der Waals surface area contributed by atoms with E-state index in [-0.39, 0.29) is 11.6 Å². The van der Waals surface area contributed by atoms with E-state index in [1.165, 1.54) is 0 Å². The van der Waals surface area contributed by atoms with Gasteiger partial charge in [0.05, 0.1) is 25.6 Å². The van der Waals surface area contributed by atoms with Crippen molar-refractivity contribution in [3.63, 3.8) is 0 Å². The van der Waals surface area contributed by atoms with Gasteiger partial charge in [0, 0.05) is 48.7 Å². The molecule has 2 aromatic rings. The number of hydrogen-bond acceptors (Lipinski definition) is 7. The number of amides is 2. The van der Waals surface area contributed by atoms with Crippen LogP contribution in [0.4, 0.5) is 5.69 Å². The van der Waals surface area contributed by atoms with Crippen LogP contribution >= 0.6 is 0 Å². The van der Waals surface area contributed by atoms with E-state index in [1.54, 1.807) is 44.6 Å². The minimum Gasteiger partial charge on any atom is -0.493 e. The van der Waals surface area contributed by atoms with Gasteiger partial charge in [-0.3, -0.25) is 14.6 Å². The standard InChI is InChI=1S/C30H35N5O4/c1-34-15-17-35(18-16-34)30(37)21-9-12-23(13-10-21)33-29(36)25(31)20-24-7-5-4-6-8-26(32-24)22-11-14-27(38-2)28(19-22)39-3/h4,6,8-14,19-20H,5,7,15-18,31H2,1-3H3,(H,33,36)/b6-4-,25-20?,26-8-,32-24?. The fourth-order valence-electron chi connectivity index (χ4n) is 4.33. The molecular formula is C30H35N5O4. The van der Waals surface area contributed by atoms with Crippen LogP contribution in [-0.4, -0.2) is 74.8 Å². The van der Waals surface area contributed by atoms with E-state index < -0.39 is 5.91 Å². The first-order valence-electron chi connectivity index (χ1n) is 12.9. The lowest BCUT2D eigenvalue weighted by Crippen LogP contribution is -2.47. The molecule has 9 heteroatoms. The van der Waals surface area contributed by atoms with Crippen molar-refractivity contribution in [1.82, 2.24) is 9.80 Å². The minimum atomic E-state index is -0.440. The second kappa shape index (κ2) is 12.9. The summed E-state index contributed by atoms with van der Waals surface area (Å²) in [5.74, 6) is 0.787. The number of allylic oxidation sites excluding steroid dienone is 4. The summed E-state index contributed by atoms with van der Waals surface area (Å²) >= 11 is 0. The SMILES string of the molecule is COc1ccc(/C2=C/C=C\CCC(C=C(N)C(=O)Nc3ccc(C(=O)N4CCN(C)CC4)cc3)=N2)cc1OC. The number of nitrogens with two attached hydrogens (primary N) is 1. The number of carbonyl (C=O) groups excluding carboxylic acids is 2. The van der Waals surface area contributed by atoms with Gasteiger partial charge >= 0.3 is 0 Å². The maximum absolute atomic E-state index is 12.8. The second-order valence-corrected chi connectivity index (χ2v) is 9.42. The maximum atomic E-state index is 12.8. The molecule has 0 radical (unpaired) electrons. The molecular weight excluding hydrogens is 494 g/mol. The van der Waals surface area contributed by atoms with Gasteiger partial charge in [-0.05, 0) is 74.5 Å². The highest BCUT2D eigenvalue weighted by molar-refractivity contribution is 6.09. The summed E-state index contributed by atoms with van der Waals surface area (Å²) in [5.41, 5.74) is 9.60. The molecule has 0 bridgehead atoms. The Morgan fingerprint density at radius 2 is 1.72 bits per heavy atom. The van der Waals surface area contributed by atoms with Crippen molar-refractivity contribution >= 4 is 28.9 Å².